The summed E-state index contributed by atoms with van der Waals surface area (Å²) in [4.78, 5) is 27.2. The molecule has 160 valence electrons. The molecule has 1 atom stereocenters. The molecule has 0 fully saturated rings. The largest absolute Gasteiger partial charge is 0.486 e. The molecule has 0 saturated heterocycles. The van der Waals surface area contributed by atoms with Gasteiger partial charge in [0.2, 0.25) is 11.8 Å². The zero-order valence-corrected chi connectivity index (χ0v) is 18.1. The molecule has 0 aliphatic carbocycles. The molecule has 30 heavy (non-hydrogen) atoms. The summed E-state index contributed by atoms with van der Waals surface area (Å²) in [7, 11) is 1.59. The Morgan fingerprint density at radius 3 is 2.40 bits per heavy atom. The van der Waals surface area contributed by atoms with Gasteiger partial charge in [0.05, 0.1) is 0 Å². The highest BCUT2D eigenvalue weighted by Gasteiger charge is 2.27. The van der Waals surface area contributed by atoms with E-state index in [1.165, 1.54) is 0 Å². The van der Waals surface area contributed by atoms with Gasteiger partial charge in [-0.05, 0) is 48.2 Å². The summed E-state index contributed by atoms with van der Waals surface area (Å²) >= 11 is 5.98. The number of rotatable bonds is 8. The van der Waals surface area contributed by atoms with Crippen molar-refractivity contribution < 1.29 is 19.1 Å². The van der Waals surface area contributed by atoms with Gasteiger partial charge in [0.1, 0.15) is 19.3 Å². The third-order valence-electron chi connectivity index (χ3n) is 5.13. The average Bonchev–Trinajstić information content (AvgIpc) is 2.78. The molecule has 1 heterocycles. The van der Waals surface area contributed by atoms with Gasteiger partial charge in [0.15, 0.2) is 11.5 Å². The molecule has 0 saturated carbocycles. The van der Waals surface area contributed by atoms with E-state index in [0.717, 1.165) is 16.9 Å². The first-order valence-corrected chi connectivity index (χ1v) is 10.5. The van der Waals surface area contributed by atoms with E-state index < -0.39 is 6.04 Å². The lowest BCUT2D eigenvalue weighted by Gasteiger charge is -2.30. The van der Waals surface area contributed by atoms with Crippen LogP contribution in [0, 0.1) is 0 Å². The summed E-state index contributed by atoms with van der Waals surface area (Å²) < 4.78 is 11.2. The van der Waals surface area contributed by atoms with Crippen LogP contribution in [-0.2, 0) is 22.6 Å². The fourth-order valence-electron chi connectivity index (χ4n) is 3.51. The number of benzene rings is 2. The van der Waals surface area contributed by atoms with Gasteiger partial charge in [-0.25, -0.2) is 0 Å². The number of carbonyl (C=O) groups excluding carboxylic acids is 2. The maximum Gasteiger partial charge on any atom is 0.242 e. The molecule has 2 aromatic rings. The van der Waals surface area contributed by atoms with Crippen molar-refractivity contribution in [2.45, 2.75) is 38.8 Å². The number of aryl methyl sites for hydroxylation is 1. The van der Waals surface area contributed by atoms with Crippen molar-refractivity contribution in [3.63, 3.8) is 0 Å². The summed E-state index contributed by atoms with van der Waals surface area (Å²) in [6.07, 6.45) is 1.38. The molecule has 2 aromatic carbocycles. The first-order chi connectivity index (χ1) is 14.5. The van der Waals surface area contributed by atoms with E-state index in [1.807, 2.05) is 37.3 Å². The number of hydrogen-bond donors (Lipinski definition) is 1. The third kappa shape index (κ3) is 5.45. The van der Waals surface area contributed by atoms with Crippen molar-refractivity contribution in [1.82, 2.24) is 10.2 Å². The summed E-state index contributed by atoms with van der Waals surface area (Å²) in [5.41, 5.74) is 1.92. The number of halogens is 1. The van der Waals surface area contributed by atoms with Crippen LogP contribution in [0.1, 0.15) is 30.9 Å². The van der Waals surface area contributed by atoms with Crippen LogP contribution in [0.15, 0.2) is 42.5 Å². The fraction of sp³-hybridized carbons (Fsp3) is 0.391. The van der Waals surface area contributed by atoms with Crippen LogP contribution in [0.3, 0.4) is 0 Å². The number of fused-ring (bicyclic) bond motifs is 1. The molecular weight excluding hydrogens is 404 g/mol. The predicted octanol–water partition coefficient (Wildman–Crippen LogP) is 3.60. The SMILES string of the molecule is CCC(C(=O)NC)N(Cc1ccc(Cl)cc1)C(=O)CCc1ccc2c(c1)OCCO2. The molecule has 0 aromatic heterocycles. The van der Waals surface area contributed by atoms with Crippen molar-refractivity contribution >= 4 is 23.4 Å². The van der Waals surface area contributed by atoms with Crippen LogP contribution in [0.5, 0.6) is 11.5 Å². The van der Waals surface area contributed by atoms with Crippen LogP contribution in [0.25, 0.3) is 0 Å². The minimum absolute atomic E-state index is 0.0738. The molecule has 1 unspecified atom stereocenters. The Kier molecular flexibility index (Phi) is 7.57. The number of nitrogens with zero attached hydrogens (tertiary/aromatic N) is 1. The smallest absolute Gasteiger partial charge is 0.242 e. The molecule has 1 N–H and O–H groups in total. The van der Waals surface area contributed by atoms with E-state index >= 15 is 0 Å². The van der Waals surface area contributed by atoms with Crippen molar-refractivity contribution in [3.8, 4) is 11.5 Å². The molecule has 0 bridgehead atoms. The van der Waals surface area contributed by atoms with Crippen molar-refractivity contribution in [3.05, 3.63) is 58.6 Å². The minimum Gasteiger partial charge on any atom is -0.486 e. The maximum atomic E-state index is 13.2. The summed E-state index contributed by atoms with van der Waals surface area (Å²) in [6, 6.07) is 12.5. The van der Waals surface area contributed by atoms with Gasteiger partial charge in [0.25, 0.3) is 0 Å². The van der Waals surface area contributed by atoms with Crippen molar-refractivity contribution in [2.24, 2.45) is 0 Å². The Morgan fingerprint density at radius 2 is 1.73 bits per heavy atom. The van der Waals surface area contributed by atoms with Crippen molar-refractivity contribution in [1.29, 1.82) is 0 Å². The van der Waals surface area contributed by atoms with E-state index in [-0.39, 0.29) is 11.8 Å². The number of hydrogen-bond acceptors (Lipinski definition) is 4. The number of ether oxygens (including phenoxy) is 2. The molecule has 2 amide bonds. The Morgan fingerprint density at radius 1 is 1.07 bits per heavy atom. The summed E-state index contributed by atoms with van der Waals surface area (Å²) in [5.74, 6) is 1.20. The second kappa shape index (κ2) is 10.3. The molecule has 0 spiro atoms. The van der Waals surface area contributed by atoms with E-state index in [0.29, 0.717) is 49.8 Å². The van der Waals surface area contributed by atoms with Gasteiger partial charge in [-0.15, -0.1) is 0 Å². The molecule has 3 rings (SSSR count). The van der Waals surface area contributed by atoms with Gasteiger partial charge in [0, 0.05) is 25.0 Å². The number of carbonyl (C=O) groups is 2. The fourth-order valence-corrected chi connectivity index (χ4v) is 3.64. The van der Waals surface area contributed by atoms with E-state index in [1.54, 1.807) is 24.1 Å². The maximum absolute atomic E-state index is 13.2. The Labute approximate surface area is 182 Å². The quantitative estimate of drug-likeness (QED) is 0.694. The number of likely N-dealkylation sites (N-methyl/N-ethyl adjacent to an activating group) is 1. The minimum atomic E-state index is -0.529. The first kappa shape index (κ1) is 22.0. The first-order valence-electron chi connectivity index (χ1n) is 10.2. The number of nitrogens with one attached hydrogen (secondary N) is 1. The van der Waals surface area contributed by atoms with E-state index in [4.69, 9.17) is 21.1 Å². The standard InChI is InChI=1S/C23H27ClN2O4/c1-3-19(23(28)25-2)26(15-17-4-8-18(24)9-5-17)22(27)11-7-16-6-10-20-21(14-16)30-13-12-29-20/h4-6,8-10,14,19H,3,7,11-13,15H2,1-2H3,(H,25,28). The van der Waals surface area contributed by atoms with Gasteiger partial charge >= 0.3 is 0 Å². The van der Waals surface area contributed by atoms with E-state index in [9.17, 15) is 9.59 Å². The Hall–Kier alpha value is -2.73. The second-order valence-electron chi connectivity index (χ2n) is 7.16. The van der Waals surface area contributed by atoms with Crippen LogP contribution in [0.4, 0.5) is 0 Å². The van der Waals surface area contributed by atoms with Crippen LogP contribution in [-0.4, -0.2) is 43.0 Å². The lowest BCUT2D eigenvalue weighted by Crippen LogP contribution is -2.48. The van der Waals surface area contributed by atoms with Gasteiger partial charge in [-0.3, -0.25) is 9.59 Å². The molecular formula is C23H27ClN2O4. The molecule has 1 aliphatic heterocycles. The van der Waals surface area contributed by atoms with Gasteiger partial charge in [-0.1, -0.05) is 36.7 Å². The number of amides is 2. The molecule has 0 radical (unpaired) electrons. The highest BCUT2D eigenvalue weighted by atomic mass is 35.5. The highest BCUT2D eigenvalue weighted by Crippen LogP contribution is 2.31. The average molecular weight is 431 g/mol. The summed E-state index contributed by atoms with van der Waals surface area (Å²) in [5, 5.41) is 3.30. The topological polar surface area (TPSA) is 67.9 Å². The lowest BCUT2D eigenvalue weighted by molar-refractivity contribution is -0.141. The zero-order valence-electron chi connectivity index (χ0n) is 17.3. The lowest BCUT2D eigenvalue weighted by atomic mass is 10.1. The predicted molar refractivity (Wildman–Crippen MR) is 116 cm³/mol. The summed E-state index contributed by atoms with van der Waals surface area (Å²) in [6.45, 7) is 3.32. The van der Waals surface area contributed by atoms with E-state index in [2.05, 4.69) is 5.32 Å². The Bertz CT molecular complexity index is 885. The Balaban J connectivity index is 1.73. The van der Waals surface area contributed by atoms with Crippen LogP contribution >= 0.6 is 11.6 Å². The monoisotopic (exact) mass is 430 g/mol. The van der Waals surface area contributed by atoms with Crippen molar-refractivity contribution in [2.75, 3.05) is 20.3 Å². The second-order valence-corrected chi connectivity index (χ2v) is 7.60. The normalized spacial score (nSPS) is 13.4. The molecule has 7 heteroatoms. The molecule has 6 nitrogen and oxygen atoms in total. The van der Waals surface area contributed by atoms with Crippen LogP contribution < -0.4 is 14.8 Å². The van der Waals surface area contributed by atoms with Gasteiger partial charge in [-0.2, -0.15) is 0 Å². The zero-order chi connectivity index (χ0) is 21.5. The highest BCUT2D eigenvalue weighted by molar-refractivity contribution is 6.30. The molecule has 1 aliphatic rings. The van der Waals surface area contributed by atoms with Crippen LogP contribution in [0.2, 0.25) is 5.02 Å². The van der Waals surface area contributed by atoms with Gasteiger partial charge < -0.3 is 19.7 Å². The third-order valence-corrected chi connectivity index (χ3v) is 5.38.